The lowest BCUT2D eigenvalue weighted by atomic mass is 10.1. The number of aliphatic carboxylic acids is 1. The number of rotatable bonds is 5. The number of benzene rings is 2. The average Bonchev–Trinajstić information content (AvgIpc) is 2.60. The number of carbonyl (C=O) groups excluding carboxylic acids is 1. The summed E-state index contributed by atoms with van der Waals surface area (Å²) in [5.41, 5.74) is 2.47. The van der Waals surface area contributed by atoms with Gasteiger partial charge in [0, 0.05) is 18.3 Å². The summed E-state index contributed by atoms with van der Waals surface area (Å²) >= 11 is 0. The largest absolute Gasteiger partial charge is 0.481 e. The van der Waals surface area contributed by atoms with Crippen molar-refractivity contribution in [1.29, 1.82) is 0 Å². The molecule has 2 aromatic carbocycles. The van der Waals surface area contributed by atoms with Crippen molar-refractivity contribution in [2.45, 2.75) is 19.5 Å². The average molecular weight is 326 g/mol. The summed E-state index contributed by atoms with van der Waals surface area (Å²) in [7, 11) is 0. The van der Waals surface area contributed by atoms with Gasteiger partial charge in [0.2, 0.25) is 0 Å². The Morgan fingerprint density at radius 2 is 2.04 bits per heavy atom. The van der Waals surface area contributed by atoms with Crippen molar-refractivity contribution in [3.8, 4) is 5.75 Å². The second kappa shape index (κ2) is 6.62. The van der Waals surface area contributed by atoms with Crippen molar-refractivity contribution in [2.75, 3.05) is 16.8 Å². The van der Waals surface area contributed by atoms with Gasteiger partial charge in [-0.05, 0) is 24.6 Å². The summed E-state index contributed by atoms with van der Waals surface area (Å²) in [5, 5.41) is 12.5. The van der Waals surface area contributed by atoms with Crippen LogP contribution in [0.2, 0.25) is 0 Å². The summed E-state index contributed by atoms with van der Waals surface area (Å²) < 4.78 is 5.46. The van der Waals surface area contributed by atoms with Gasteiger partial charge in [-0.3, -0.25) is 9.69 Å². The molecule has 6 heteroatoms. The van der Waals surface area contributed by atoms with E-state index in [-0.39, 0.29) is 12.5 Å². The minimum absolute atomic E-state index is 0.160. The molecule has 0 aromatic heterocycles. The standard InChI is InChI=1S/C18H18N2O4/c1-12(18(22)23)20-15-8-7-14(9-16(15)24-11-17(20)21)19-10-13-5-3-2-4-6-13/h2-9,12,19H,10-11H2,1H3,(H,22,23). The number of carboxylic acids is 1. The zero-order chi connectivity index (χ0) is 17.1. The molecule has 24 heavy (non-hydrogen) atoms. The number of amides is 1. The highest BCUT2D eigenvalue weighted by molar-refractivity contribution is 6.02. The lowest BCUT2D eigenvalue weighted by molar-refractivity contribution is -0.140. The van der Waals surface area contributed by atoms with Gasteiger partial charge in [0.05, 0.1) is 5.69 Å². The van der Waals surface area contributed by atoms with E-state index in [0.717, 1.165) is 11.3 Å². The van der Waals surface area contributed by atoms with Crippen molar-refractivity contribution in [1.82, 2.24) is 0 Å². The number of ether oxygens (including phenoxy) is 1. The van der Waals surface area contributed by atoms with E-state index in [1.807, 2.05) is 36.4 Å². The van der Waals surface area contributed by atoms with Crippen LogP contribution in [-0.4, -0.2) is 29.6 Å². The van der Waals surface area contributed by atoms with Crippen molar-refractivity contribution in [2.24, 2.45) is 0 Å². The molecule has 0 radical (unpaired) electrons. The molecule has 0 fully saturated rings. The lowest BCUT2D eigenvalue weighted by Gasteiger charge is -2.32. The predicted octanol–water partition coefficient (Wildman–Crippen LogP) is 2.50. The fourth-order valence-electron chi connectivity index (χ4n) is 2.62. The molecule has 0 spiro atoms. The Balaban J connectivity index is 1.80. The van der Waals surface area contributed by atoms with Crippen LogP contribution in [-0.2, 0) is 16.1 Å². The fraction of sp³-hybridized carbons (Fsp3) is 0.222. The Morgan fingerprint density at radius 1 is 1.29 bits per heavy atom. The van der Waals surface area contributed by atoms with E-state index >= 15 is 0 Å². The van der Waals surface area contributed by atoms with E-state index in [1.165, 1.54) is 11.8 Å². The second-order valence-corrected chi connectivity index (χ2v) is 5.59. The maximum Gasteiger partial charge on any atom is 0.326 e. The maximum absolute atomic E-state index is 12.0. The minimum Gasteiger partial charge on any atom is -0.481 e. The van der Waals surface area contributed by atoms with Gasteiger partial charge in [-0.15, -0.1) is 0 Å². The Hall–Kier alpha value is -3.02. The molecule has 0 saturated carbocycles. The summed E-state index contributed by atoms with van der Waals surface area (Å²) in [6.07, 6.45) is 0. The molecule has 0 bridgehead atoms. The first-order valence-electron chi connectivity index (χ1n) is 7.66. The topological polar surface area (TPSA) is 78.9 Å². The number of hydrogen-bond donors (Lipinski definition) is 2. The molecule has 2 N–H and O–H groups in total. The van der Waals surface area contributed by atoms with Crippen molar-refractivity contribution >= 4 is 23.3 Å². The Labute approximate surface area is 139 Å². The van der Waals surface area contributed by atoms with E-state index in [1.54, 1.807) is 12.1 Å². The van der Waals surface area contributed by atoms with Gasteiger partial charge in [0.15, 0.2) is 6.61 Å². The zero-order valence-electron chi connectivity index (χ0n) is 13.2. The minimum atomic E-state index is -1.05. The molecule has 124 valence electrons. The molecule has 1 atom stereocenters. The first kappa shape index (κ1) is 15.9. The highest BCUT2D eigenvalue weighted by atomic mass is 16.5. The van der Waals surface area contributed by atoms with Crippen LogP contribution in [0.1, 0.15) is 12.5 Å². The van der Waals surface area contributed by atoms with Gasteiger partial charge in [-0.25, -0.2) is 4.79 Å². The van der Waals surface area contributed by atoms with Crippen LogP contribution >= 0.6 is 0 Å². The van der Waals surface area contributed by atoms with Crippen LogP contribution in [0.5, 0.6) is 5.75 Å². The molecule has 1 aliphatic rings. The van der Waals surface area contributed by atoms with E-state index in [9.17, 15) is 14.7 Å². The molecule has 3 rings (SSSR count). The third kappa shape index (κ3) is 3.17. The summed E-state index contributed by atoms with van der Waals surface area (Å²) in [6, 6.07) is 14.3. The number of nitrogens with zero attached hydrogens (tertiary/aromatic N) is 1. The Bertz CT molecular complexity index is 761. The lowest BCUT2D eigenvalue weighted by Crippen LogP contribution is -2.48. The molecule has 0 saturated heterocycles. The van der Waals surface area contributed by atoms with Gasteiger partial charge < -0.3 is 15.2 Å². The Morgan fingerprint density at radius 3 is 2.75 bits per heavy atom. The van der Waals surface area contributed by atoms with Crippen LogP contribution in [0.3, 0.4) is 0 Å². The molecular weight excluding hydrogens is 308 g/mol. The quantitative estimate of drug-likeness (QED) is 0.882. The summed E-state index contributed by atoms with van der Waals surface area (Å²) in [6.45, 7) is 1.98. The van der Waals surface area contributed by atoms with Gasteiger partial charge in [0.1, 0.15) is 11.8 Å². The molecule has 0 aliphatic carbocycles. The number of anilines is 2. The van der Waals surface area contributed by atoms with Crippen molar-refractivity contribution < 1.29 is 19.4 Å². The van der Waals surface area contributed by atoms with Crippen LogP contribution in [0.4, 0.5) is 11.4 Å². The van der Waals surface area contributed by atoms with Crippen LogP contribution in [0, 0.1) is 0 Å². The smallest absolute Gasteiger partial charge is 0.326 e. The summed E-state index contributed by atoms with van der Waals surface area (Å²) in [4.78, 5) is 24.5. The van der Waals surface area contributed by atoms with Gasteiger partial charge in [-0.2, -0.15) is 0 Å². The third-order valence-corrected chi connectivity index (χ3v) is 3.92. The van der Waals surface area contributed by atoms with E-state index < -0.39 is 12.0 Å². The van der Waals surface area contributed by atoms with Crippen LogP contribution in [0.25, 0.3) is 0 Å². The molecule has 1 heterocycles. The predicted molar refractivity (Wildman–Crippen MR) is 90.3 cm³/mol. The molecule has 1 amide bonds. The summed E-state index contributed by atoms with van der Waals surface area (Å²) in [5.74, 6) is -0.911. The first-order chi connectivity index (χ1) is 11.6. The van der Waals surface area contributed by atoms with Gasteiger partial charge in [0.25, 0.3) is 5.91 Å². The number of carboxylic acid groups (broad SMARTS) is 1. The molecule has 2 aromatic rings. The van der Waals surface area contributed by atoms with Crippen molar-refractivity contribution in [3.05, 3.63) is 54.1 Å². The number of fused-ring (bicyclic) bond motifs is 1. The number of carbonyl (C=O) groups is 2. The van der Waals surface area contributed by atoms with Crippen molar-refractivity contribution in [3.63, 3.8) is 0 Å². The zero-order valence-corrected chi connectivity index (χ0v) is 13.2. The highest BCUT2D eigenvalue weighted by Crippen LogP contribution is 2.35. The van der Waals surface area contributed by atoms with E-state index in [0.29, 0.717) is 18.0 Å². The fourth-order valence-corrected chi connectivity index (χ4v) is 2.62. The Kier molecular flexibility index (Phi) is 4.37. The molecular formula is C18H18N2O4. The highest BCUT2D eigenvalue weighted by Gasteiger charge is 2.33. The van der Waals surface area contributed by atoms with Gasteiger partial charge in [-0.1, -0.05) is 30.3 Å². The van der Waals surface area contributed by atoms with E-state index in [2.05, 4.69) is 5.32 Å². The normalized spacial score (nSPS) is 14.5. The third-order valence-electron chi connectivity index (χ3n) is 3.92. The molecule has 6 nitrogen and oxygen atoms in total. The van der Waals surface area contributed by atoms with Crippen LogP contribution in [0.15, 0.2) is 48.5 Å². The van der Waals surface area contributed by atoms with E-state index in [4.69, 9.17) is 4.74 Å². The molecule has 1 unspecified atom stereocenters. The second-order valence-electron chi connectivity index (χ2n) is 5.59. The maximum atomic E-state index is 12.0. The molecule has 1 aliphatic heterocycles. The first-order valence-corrected chi connectivity index (χ1v) is 7.66. The van der Waals surface area contributed by atoms with Gasteiger partial charge >= 0.3 is 5.97 Å². The monoisotopic (exact) mass is 326 g/mol. The number of hydrogen-bond acceptors (Lipinski definition) is 4. The SMILES string of the molecule is CC(C(=O)O)N1C(=O)COc2cc(NCc3ccccc3)ccc21. The number of nitrogens with one attached hydrogen (secondary N) is 1. The van der Waals surface area contributed by atoms with Crippen LogP contribution < -0.4 is 15.0 Å².